The minimum absolute atomic E-state index is 0.0123. The highest BCUT2D eigenvalue weighted by Gasteiger charge is 2.08. The third-order valence-corrected chi connectivity index (χ3v) is 1.58. The molecule has 0 saturated carbocycles. The average Bonchev–Trinajstić information content (AvgIpc) is 2.04. The molecule has 0 aliphatic rings. The van der Waals surface area contributed by atoms with Gasteiger partial charge in [-0.3, -0.25) is 0 Å². The summed E-state index contributed by atoms with van der Waals surface area (Å²) in [5.74, 6) is -1.11. The fourth-order valence-electron chi connectivity index (χ4n) is 0.952. The summed E-state index contributed by atoms with van der Waals surface area (Å²) in [6.07, 6.45) is 0.379. The number of hydrogen-bond acceptors (Lipinski definition) is 4. The maximum absolute atomic E-state index is 10.5. The Balaban J connectivity index is 2.98. The molecule has 0 aliphatic heterocycles. The lowest BCUT2D eigenvalue weighted by Crippen LogP contribution is -2.06. The van der Waals surface area contributed by atoms with Crippen molar-refractivity contribution < 1.29 is 15.0 Å². The van der Waals surface area contributed by atoms with Crippen molar-refractivity contribution in [1.82, 2.24) is 4.98 Å². The number of carboxylic acids is 1. The van der Waals surface area contributed by atoms with Gasteiger partial charge in [0.15, 0.2) is 0 Å². The molecule has 13 heavy (non-hydrogen) atoms. The minimum atomic E-state index is -1.10. The van der Waals surface area contributed by atoms with Crippen LogP contribution >= 0.6 is 0 Å². The van der Waals surface area contributed by atoms with Crippen LogP contribution in [-0.4, -0.2) is 27.8 Å². The van der Waals surface area contributed by atoms with E-state index in [2.05, 4.69) is 4.98 Å². The predicted molar refractivity (Wildman–Crippen MR) is 46.4 cm³/mol. The van der Waals surface area contributed by atoms with Crippen LogP contribution in [0.15, 0.2) is 12.1 Å². The SMILES string of the molecule is Nc1nc(CCO)ccc1C(=O)O. The van der Waals surface area contributed by atoms with Crippen LogP contribution in [0.4, 0.5) is 5.82 Å². The van der Waals surface area contributed by atoms with E-state index in [9.17, 15) is 4.79 Å². The fraction of sp³-hybridized carbons (Fsp3) is 0.250. The van der Waals surface area contributed by atoms with E-state index in [1.54, 1.807) is 0 Å². The molecule has 0 saturated heterocycles. The lowest BCUT2D eigenvalue weighted by Gasteiger charge is -2.02. The number of aliphatic hydroxyl groups is 1. The number of hydrogen-bond donors (Lipinski definition) is 3. The Kier molecular flexibility index (Phi) is 2.81. The number of carboxylic acid groups (broad SMARTS) is 1. The molecule has 0 fully saturated rings. The fourth-order valence-corrected chi connectivity index (χ4v) is 0.952. The number of aromatic nitrogens is 1. The number of pyridine rings is 1. The molecule has 0 atom stereocenters. The highest BCUT2D eigenvalue weighted by atomic mass is 16.4. The Labute approximate surface area is 74.8 Å². The standard InChI is InChI=1S/C8H10N2O3/c9-7-6(8(12)13)2-1-5(10-7)3-4-11/h1-2,11H,3-4H2,(H2,9,10)(H,12,13). The first-order chi connectivity index (χ1) is 6.15. The van der Waals surface area contributed by atoms with Crippen LogP contribution in [0.1, 0.15) is 16.1 Å². The summed E-state index contributed by atoms with van der Waals surface area (Å²) in [5, 5.41) is 17.2. The molecule has 4 N–H and O–H groups in total. The number of nitrogen functional groups attached to an aromatic ring is 1. The second kappa shape index (κ2) is 3.86. The third-order valence-electron chi connectivity index (χ3n) is 1.58. The first-order valence-corrected chi connectivity index (χ1v) is 3.74. The van der Waals surface area contributed by atoms with Crippen molar-refractivity contribution in [2.75, 3.05) is 12.3 Å². The molecule has 0 aromatic carbocycles. The molecule has 0 radical (unpaired) electrons. The Hall–Kier alpha value is -1.62. The molecule has 0 aliphatic carbocycles. The molecule has 1 aromatic heterocycles. The summed E-state index contributed by atoms with van der Waals surface area (Å²) < 4.78 is 0. The van der Waals surface area contributed by atoms with E-state index in [0.29, 0.717) is 12.1 Å². The minimum Gasteiger partial charge on any atom is -0.478 e. The van der Waals surface area contributed by atoms with E-state index in [-0.39, 0.29) is 18.0 Å². The van der Waals surface area contributed by atoms with E-state index in [4.69, 9.17) is 15.9 Å². The molecule has 1 heterocycles. The number of aliphatic hydroxyl groups excluding tert-OH is 1. The van der Waals surface area contributed by atoms with Crippen LogP contribution in [0.5, 0.6) is 0 Å². The number of aromatic carboxylic acids is 1. The molecule has 5 nitrogen and oxygen atoms in total. The van der Waals surface area contributed by atoms with Crippen LogP contribution in [0, 0.1) is 0 Å². The molecule has 0 amide bonds. The Morgan fingerprint density at radius 1 is 1.54 bits per heavy atom. The second-order valence-corrected chi connectivity index (χ2v) is 2.51. The van der Waals surface area contributed by atoms with Gasteiger partial charge in [-0.05, 0) is 12.1 Å². The van der Waals surface area contributed by atoms with Crippen LogP contribution < -0.4 is 5.73 Å². The lowest BCUT2D eigenvalue weighted by molar-refractivity contribution is 0.0697. The zero-order valence-corrected chi connectivity index (χ0v) is 6.90. The van der Waals surface area contributed by atoms with Crippen molar-refractivity contribution in [2.24, 2.45) is 0 Å². The molecule has 0 unspecified atom stereocenters. The van der Waals surface area contributed by atoms with Gasteiger partial charge < -0.3 is 15.9 Å². The maximum Gasteiger partial charge on any atom is 0.339 e. The second-order valence-electron chi connectivity index (χ2n) is 2.51. The molecule has 5 heteroatoms. The van der Waals surface area contributed by atoms with Gasteiger partial charge in [-0.25, -0.2) is 9.78 Å². The number of nitrogens with zero attached hydrogens (tertiary/aromatic N) is 1. The highest BCUT2D eigenvalue weighted by Crippen LogP contribution is 2.09. The van der Waals surface area contributed by atoms with Gasteiger partial charge in [-0.15, -0.1) is 0 Å². The van der Waals surface area contributed by atoms with Crippen LogP contribution in [0.3, 0.4) is 0 Å². The predicted octanol–water partition coefficient (Wildman–Crippen LogP) is -0.103. The van der Waals surface area contributed by atoms with E-state index < -0.39 is 5.97 Å². The quantitative estimate of drug-likeness (QED) is 0.606. The summed E-state index contributed by atoms with van der Waals surface area (Å²) in [5.41, 5.74) is 5.95. The maximum atomic E-state index is 10.5. The topological polar surface area (TPSA) is 96.4 Å². The summed E-state index contributed by atoms with van der Waals surface area (Å²) in [4.78, 5) is 14.3. The van der Waals surface area contributed by atoms with Crippen molar-refractivity contribution in [3.63, 3.8) is 0 Å². The largest absolute Gasteiger partial charge is 0.478 e. The summed E-state index contributed by atoms with van der Waals surface area (Å²) in [6, 6.07) is 2.92. The van der Waals surface area contributed by atoms with Gasteiger partial charge in [0.25, 0.3) is 0 Å². The first-order valence-electron chi connectivity index (χ1n) is 3.74. The molecule has 0 bridgehead atoms. The zero-order valence-electron chi connectivity index (χ0n) is 6.90. The van der Waals surface area contributed by atoms with Gasteiger partial charge in [0, 0.05) is 18.7 Å². The van der Waals surface area contributed by atoms with Gasteiger partial charge in [0.05, 0.1) is 0 Å². The molecule has 70 valence electrons. The third kappa shape index (κ3) is 2.16. The normalized spacial score (nSPS) is 9.92. The molecule has 1 aromatic rings. The Morgan fingerprint density at radius 3 is 2.69 bits per heavy atom. The smallest absolute Gasteiger partial charge is 0.339 e. The molecule has 0 spiro atoms. The molecular formula is C8H10N2O3. The highest BCUT2D eigenvalue weighted by molar-refractivity contribution is 5.92. The summed E-state index contributed by atoms with van der Waals surface area (Å²) in [7, 11) is 0. The van der Waals surface area contributed by atoms with Gasteiger partial charge in [-0.2, -0.15) is 0 Å². The van der Waals surface area contributed by atoms with Crippen LogP contribution in [0.2, 0.25) is 0 Å². The van der Waals surface area contributed by atoms with Gasteiger partial charge in [-0.1, -0.05) is 0 Å². The zero-order chi connectivity index (χ0) is 9.84. The van der Waals surface area contributed by atoms with Crippen LogP contribution in [0.25, 0.3) is 0 Å². The Bertz CT molecular complexity index is 325. The van der Waals surface area contributed by atoms with Crippen molar-refractivity contribution in [3.05, 3.63) is 23.4 Å². The summed E-state index contributed by atoms with van der Waals surface area (Å²) >= 11 is 0. The van der Waals surface area contributed by atoms with Crippen molar-refractivity contribution in [3.8, 4) is 0 Å². The van der Waals surface area contributed by atoms with Crippen LogP contribution in [-0.2, 0) is 6.42 Å². The van der Waals surface area contributed by atoms with E-state index in [0.717, 1.165) is 0 Å². The monoisotopic (exact) mass is 182 g/mol. The van der Waals surface area contributed by atoms with E-state index in [1.165, 1.54) is 12.1 Å². The molecular weight excluding hydrogens is 172 g/mol. The first kappa shape index (κ1) is 9.47. The van der Waals surface area contributed by atoms with E-state index >= 15 is 0 Å². The number of anilines is 1. The lowest BCUT2D eigenvalue weighted by atomic mass is 10.2. The summed E-state index contributed by atoms with van der Waals surface area (Å²) in [6.45, 7) is -0.0289. The van der Waals surface area contributed by atoms with Gasteiger partial charge in [0.1, 0.15) is 11.4 Å². The van der Waals surface area contributed by atoms with Crippen molar-refractivity contribution in [2.45, 2.75) is 6.42 Å². The van der Waals surface area contributed by atoms with Crippen molar-refractivity contribution in [1.29, 1.82) is 0 Å². The van der Waals surface area contributed by atoms with E-state index in [1.807, 2.05) is 0 Å². The number of rotatable bonds is 3. The molecule has 1 rings (SSSR count). The Morgan fingerprint density at radius 2 is 2.23 bits per heavy atom. The number of nitrogens with two attached hydrogens (primary N) is 1. The number of carbonyl (C=O) groups is 1. The average molecular weight is 182 g/mol. The van der Waals surface area contributed by atoms with Gasteiger partial charge >= 0.3 is 5.97 Å². The van der Waals surface area contributed by atoms with Gasteiger partial charge in [0.2, 0.25) is 0 Å². The van der Waals surface area contributed by atoms with Crippen molar-refractivity contribution >= 4 is 11.8 Å².